The Kier molecular flexibility index (Phi) is 5.30. The lowest BCUT2D eigenvalue weighted by molar-refractivity contribution is -0.146. The largest absolute Gasteiger partial charge is 0.370 e. The number of piperidine rings is 1. The molecule has 0 spiro atoms. The van der Waals surface area contributed by atoms with Crippen LogP contribution < -0.4 is 0 Å². The second-order valence-electron chi connectivity index (χ2n) is 6.38. The molecule has 3 rings (SSSR count). The van der Waals surface area contributed by atoms with E-state index in [-0.39, 0.29) is 23.8 Å². The predicted octanol–water partition coefficient (Wildman–Crippen LogP) is 2.01. The van der Waals surface area contributed by atoms with Crippen LogP contribution in [0.2, 0.25) is 0 Å². The summed E-state index contributed by atoms with van der Waals surface area (Å²) in [6, 6.07) is 10.0. The van der Waals surface area contributed by atoms with Crippen LogP contribution in [0.3, 0.4) is 0 Å². The number of rotatable bonds is 3. The smallest absolute Gasteiger partial charge is 0.245 e. The lowest BCUT2D eigenvalue weighted by atomic mass is 9.95. The number of carbonyl (C=O) groups excluding carboxylic acids is 2. The second-order valence-corrected chi connectivity index (χ2v) is 6.38. The van der Waals surface area contributed by atoms with Gasteiger partial charge >= 0.3 is 0 Å². The summed E-state index contributed by atoms with van der Waals surface area (Å²) in [6.07, 6.45) is 2.96. The van der Waals surface area contributed by atoms with Crippen molar-refractivity contribution in [3.05, 3.63) is 48.6 Å². The van der Waals surface area contributed by atoms with Gasteiger partial charge in [-0.05, 0) is 24.5 Å². The van der Waals surface area contributed by atoms with Crippen LogP contribution in [-0.4, -0.2) is 54.4 Å². The second kappa shape index (κ2) is 7.62. The van der Waals surface area contributed by atoms with Crippen molar-refractivity contribution in [2.45, 2.75) is 18.9 Å². The molecule has 2 heterocycles. The number of hydrogen-bond acceptors (Lipinski definition) is 3. The molecular weight excluding hydrogens is 304 g/mol. The molecule has 2 atom stereocenters. The maximum absolute atomic E-state index is 12.9. The Labute approximate surface area is 142 Å². The third-order valence-electron chi connectivity index (χ3n) is 4.81. The highest BCUT2D eigenvalue weighted by atomic mass is 16.5. The van der Waals surface area contributed by atoms with Gasteiger partial charge in [-0.3, -0.25) is 9.59 Å². The molecule has 2 fully saturated rings. The summed E-state index contributed by atoms with van der Waals surface area (Å²) >= 11 is 0. The number of hydrogen-bond donors (Lipinski definition) is 0. The summed E-state index contributed by atoms with van der Waals surface area (Å²) in [5.41, 5.74) is 1.10. The van der Waals surface area contributed by atoms with E-state index >= 15 is 0 Å². The van der Waals surface area contributed by atoms with E-state index in [2.05, 4.69) is 6.58 Å². The van der Waals surface area contributed by atoms with Gasteiger partial charge in [-0.2, -0.15) is 0 Å². The predicted molar refractivity (Wildman–Crippen MR) is 91.2 cm³/mol. The molecule has 0 N–H and O–H groups in total. The summed E-state index contributed by atoms with van der Waals surface area (Å²) in [5, 5.41) is 0. The highest BCUT2D eigenvalue weighted by Crippen LogP contribution is 2.25. The van der Waals surface area contributed by atoms with Crippen molar-refractivity contribution in [1.82, 2.24) is 9.80 Å². The lowest BCUT2D eigenvalue weighted by Gasteiger charge is -2.38. The van der Waals surface area contributed by atoms with E-state index in [0.717, 1.165) is 18.4 Å². The Morgan fingerprint density at radius 2 is 1.92 bits per heavy atom. The first-order valence-electron chi connectivity index (χ1n) is 8.55. The maximum atomic E-state index is 12.9. The van der Waals surface area contributed by atoms with Crippen molar-refractivity contribution >= 4 is 11.8 Å². The molecule has 1 aromatic carbocycles. The first kappa shape index (κ1) is 16.7. The molecule has 2 aliphatic rings. The van der Waals surface area contributed by atoms with Crippen LogP contribution in [0.4, 0.5) is 0 Å². The number of carbonyl (C=O) groups is 2. The van der Waals surface area contributed by atoms with E-state index in [9.17, 15) is 9.59 Å². The molecule has 2 aliphatic heterocycles. The van der Waals surface area contributed by atoms with Crippen LogP contribution in [-0.2, 0) is 14.3 Å². The van der Waals surface area contributed by atoms with Gasteiger partial charge < -0.3 is 14.5 Å². The topological polar surface area (TPSA) is 49.9 Å². The Bertz CT molecular complexity index is 602. The minimum Gasteiger partial charge on any atom is -0.370 e. The van der Waals surface area contributed by atoms with Gasteiger partial charge in [-0.1, -0.05) is 36.9 Å². The fraction of sp³-hybridized carbons (Fsp3) is 0.474. The third kappa shape index (κ3) is 3.67. The molecule has 5 nitrogen and oxygen atoms in total. The molecule has 2 amide bonds. The Morgan fingerprint density at radius 3 is 2.67 bits per heavy atom. The van der Waals surface area contributed by atoms with E-state index in [0.29, 0.717) is 32.8 Å². The Balaban J connectivity index is 1.64. The normalized spacial score (nSPS) is 24.5. The van der Waals surface area contributed by atoms with Gasteiger partial charge in [-0.15, -0.1) is 0 Å². The number of nitrogens with zero attached hydrogens (tertiary/aromatic N) is 2. The summed E-state index contributed by atoms with van der Waals surface area (Å²) in [6.45, 7) is 6.49. The van der Waals surface area contributed by atoms with Crippen LogP contribution >= 0.6 is 0 Å². The van der Waals surface area contributed by atoms with Gasteiger partial charge in [0.2, 0.25) is 11.8 Å². The molecule has 128 valence electrons. The minimum absolute atomic E-state index is 0.0709. The zero-order valence-electron chi connectivity index (χ0n) is 13.9. The van der Waals surface area contributed by atoms with Crippen LogP contribution in [0.1, 0.15) is 24.5 Å². The van der Waals surface area contributed by atoms with Crippen molar-refractivity contribution in [2.24, 2.45) is 5.92 Å². The number of likely N-dealkylation sites (tertiary alicyclic amines) is 1. The highest BCUT2D eigenvalue weighted by Gasteiger charge is 2.33. The number of morpholine rings is 1. The highest BCUT2D eigenvalue weighted by molar-refractivity contribution is 5.88. The zero-order chi connectivity index (χ0) is 16.9. The summed E-state index contributed by atoms with van der Waals surface area (Å²) in [4.78, 5) is 28.3. The SMILES string of the molecule is C=CC(=O)N1CCC[C@@H](C(=O)N2CCOC(c3ccccc3)C2)C1. The van der Waals surface area contributed by atoms with Gasteiger partial charge in [0.25, 0.3) is 0 Å². The molecule has 24 heavy (non-hydrogen) atoms. The summed E-state index contributed by atoms with van der Waals surface area (Å²) < 4.78 is 5.84. The van der Waals surface area contributed by atoms with E-state index in [1.807, 2.05) is 35.2 Å². The average Bonchev–Trinajstić information content (AvgIpc) is 2.67. The molecule has 0 aromatic heterocycles. The molecule has 0 saturated carbocycles. The number of ether oxygens (including phenoxy) is 1. The molecule has 0 aliphatic carbocycles. The molecular formula is C19H24N2O3. The van der Waals surface area contributed by atoms with Crippen molar-refractivity contribution in [3.8, 4) is 0 Å². The van der Waals surface area contributed by atoms with Gasteiger partial charge in [0.15, 0.2) is 0 Å². The molecule has 5 heteroatoms. The Hall–Kier alpha value is -2.14. The van der Waals surface area contributed by atoms with E-state index < -0.39 is 0 Å². The van der Waals surface area contributed by atoms with Crippen molar-refractivity contribution < 1.29 is 14.3 Å². The monoisotopic (exact) mass is 328 g/mol. The number of benzene rings is 1. The Morgan fingerprint density at radius 1 is 1.12 bits per heavy atom. The summed E-state index contributed by atoms with van der Waals surface area (Å²) in [5.74, 6) is -0.0605. The summed E-state index contributed by atoms with van der Waals surface area (Å²) in [7, 11) is 0. The fourth-order valence-corrected chi connectivity index (χ4v) is 3.48. The van der Waals surface area contributed by atoms with Crippen LogP contribution in [0, 0.1) is 5.92 Å². The maximum Gasteiger partial charge on any atom is 0.245 e. The number of amides is 2. The molecule has 0 radical (unpaired) electrons. The van der Waals surface area contributed by atoms with Crippen molar-refractivity contribution in [3.63, 3.8) is 0 Å². The van der Waals surface area contributed by atoms with Crippen LogP contribution in [0.5, 0.6) is 0 Å². The lowest BCUT2D eigenvalue weighted by Crippen LogP contribution is -2.49. The zero-order valence-corrected chi connectivity index (χ0v) is 13.9. The standard InChI is InChI=1S/C19H24N2O3/c1-2-18(22)20-10-6-9-16(13-20)19(23)21-11-12-24-17(14-21)15-7-4-3-5-8-15/h2-5,7-8,16-17H,1,6,9-14H2/t16-,17?/m1/s1. The van der Waals surface area contributed by atoms with Crippen molar-refractivity contribution in [2.75, 3.05) is 32.8 Å². The molecule has 2 saturated heterocycles. The fourth-order valence-electron chi connectivity index (χ4n) is 3.48. The molecule has 0 bridgehead atoms. The quantitative estimate of drug-likeness (QED) is 0.798. The van der Waals surface area contributed by atoms with Crippen LogP contribution in [0.25, 0.3) is 0 Å². The van der Waals surface area contributed by atoms with Gasteiger partial charge in [-0.25, -0.2) is 0 Å². The van der Waals surface area contributed by atoms with Gasteiger partial charge in [0, 0.05) is 19.6 Å². The first-order chi connectivity index (χ1) is 11.7. The molecule has 1 unspecified atom stereocenters. The van der Waals surface area contributed by atoms with E-state index in [1.165, 1.54) is 6.08 Å². The average molecular weight is 328 g/mol. The first-order valence-corrected chi connectivity index (χ1v) is 8.55. The van der Waals surface area contributed by atoms with Gasteiger partial charge in [0.1, 0.15) is 6.10 Å². The van der Waals surface area contributed by atoms with Gasteiger partial charge in [0.05, 0.1) is 19.1 Å². The van der Waals surface area contributed by atoms with E-state index in [1.54, 1.807) is 4.90 Å². The third-order valence-corrected chi connectivity index (χ3v) is 4.81. The molecule has 1 aromatic rings. The van der Waals surface area contributed by atoms with Crippen LogP contribution in [0.15, 0.2) is 43.0 Å². The van der Waals surface area contributed by atoms with Crippen molar-refractivity contribution in [1.29, 1.82) is 0 Å². The van der Waals surface area contributed by atoms with E-state index in [4.69, 9.17) is 4.74 Å². The minimum atomic E-state index is -0.114.